The van der Waals surface area contributed by atoms with E-state index in [2.05, 4.69) is 146 Å². The van der Waals surface area contributed by atoms with Crippen molar-refractivity contribution in [2.75, 3.05) is 0 Å². The third-order valence-corrected chi connectivity index (χ3v) is 16.4. The van der Waals surface area contributed by atoms with Crippen LogP contribution in [0, 0.1) is 0 Å². The first kappa shape index (κ1) is 31.2. The summed E-state index contributed by atoms with van der Waals surface area (Å²) in [5.74, 6) is 0. The lowest BCUT2D eigenvalue weighted by molar-refractivity contribution is 0.592. The Kier molecular flexibility index (Phi) is 7.36. The van der Waals surface area contributed by atoms with Crippen LogP contribution in [-0.2, 0) is 9.98 Å². The van der Waals surface area contributed by atoms with E-state index in [4.69, 9.17) is 0 Å². The second kappa shape index (κ2) is 12.3. The molecule has 246 valence electrons. The van der Waals surface area contributed by atoms with Gasteiger partial charge in [-0.1, -0.05) is 194 Å². The minimum atomic E-state index is -3.23. The van der Waals surface area contributed by atoms with Crippen LogP contribution in [0.5, 0.6) is 0 Å². The normalized spacial score (nSPS) is 15.2. The monoisotopic (exact) mass is 700 g/mol. The summed E-state index contributed by atoms with van der Waals surface area (Å²) in [4.78, 5) is 0. The molecular formula is C49H34OP2. The number of hydrogen-bond acceptors (Lipinski definition) is 1. The van der Waals surface area contributed by atoms with Crippen molar-refractivity contribution in [1.82, 2.24) is 0 Å². The lowest BCUT2D eigenvalue weighted by Crippen LogP contribution is -2.30. The first-order valence-corrected chi connectivity index (χ1v) is 20.8. The highest BCUT2D eigenvalue weighted by atomic mass is 31.2. The Morgan fingerprint density at radius 1 is 0.327 bits per heavy atom. The van der Waals surface area contributed by atoms with Gasteiger partial charge in [-0.25, -0.2) is 0 Å². The second-order valence-corrected chi connectivity index (χ2v) is 18.6. The summed E-state index contributed by atoms with van der Waals surface area (Å²) in [5, 5.41) is 6.52. The Morgan fingerprint density at radius 3 is 1.25 bits per heavy atom. The van der Waals surface area contributed by atoms with Gasteiger partial charge in [-0.05, 0) is 80.5 Å². The quantitative estimate of drug-likeness (QED) is 0.158. The zero-order valence-corrected chi connectivity index (χ0v) is 30.2. The van der Waals surface area contributed by atoms with Crippen LogP contribution in [0.2, 0.25) is 0 Å². The van der Waals surface area contributed by atoms with Gasteiger partial charge in [0.15, 0.2) is 7.14 Å². The maximum absolute atomic E-state index is 15.8. The standard InChI is InChI=1S/C49H34OP2/c50-52(38-21-9-3-10-22-38,39-23-11-4-12-24-39)40-30-32-44-42-26-14-16-28-46(42)49(48(44)34-40)45-27-15-13-25-41(45)43-31-29-37(33-47(43)49)51(35-17-5-1-6-18-35)36-19-7-2-8-20-36/h1-34H. The Morgan fingerprint density at radius 2 is 0.731 bits per heavy atom. The van der Waals surface area contributed by atoms with Crippen LogP contribution in [0.25, 0.3) is 22.3 Å². The summed E-state index contributed by atoms with van der Waals surface area (Å²) in [5.41, 5.74) is 9.44. The first-order chi connectivity index (χ1) is 25.7. The Bertz CT molecular complexity index is 2560. The topological polar surface area (TPSA) is 17.1 Å². The number of benzene rings is 8. The van der Waals surface area contributed by atoms with Gasteiger partial charge in [0.25, 0.3) is 0 Å². The maximum atomic E-state index is 15.8. The molecule has 1 spiro atoms. The van der Waals surface area contributed by atoms with E-state index in [9.17, 15) is 0 Å². The van der Waals surface area contributed by atoms with Gasteiger partial charge in [0.1, 0.15) is 0 Å². The van der Waals surface area contributed by atoms with E-state index in [1.54, 1.807) is 0 Å². The molecule has 0 saturated carbocycles. The molecule has 0 amide bonds. The Hall–Kier alpha value is -5.58. The van der Waals surface area contributed by atoms with Crippen molar-refractivity contribution in [2.24, 2.45) is 0 Å². The molecule has 10 rings (SSSR count). The van der Waals surface area contributed by atoms with E-state index in [-0.39, 0.29) is 0 Å². The molecule has 1 nitrogen and oxygen atoms in total. The molecule has 1 unspecified atom stereocenters. The zero-order chi connectivity index (χ0) is 34.7. The molecule has 0 radical (unpaired) electrons. The van der Waals surface area contributed by atoms with Gasteiger partial charge in [0, 0.05) is 15.9 Å². The summed E-state index contributed by atoms with van der Waals surface area (Å²) in [6, 6.07) is 73.7. The first-order valence-electron chi connectivity index (χ1n) is 17.8. The van der Waals surface area contributed by atoms with Crippen LogP contribution < -0.4 is 31.8 Å². The predicted molar refractivity (Wildman–Crippen MR) is 221 cm³/mol. The van der Waals surface area contributed by atoms with Crippen molar-refractivity contribution in [1.29, 1.82) is 0 Å². The van der Waals surface area contributed by atoms with Crippen LogP contribution in [0.3, 0.4) is 0 Å². The van der Waals surface area contributed by atoms with E-state index in [1.165, 1.54) is 60.4 Å². The third kappa shape index (κ3) is 4.50. The van der Waals surface area contributed by atoms with E-state index < -0.39 is 20.5 Å². The average molecular weight is 701 g/mol. The molecule has 2 aliphatic rings. The van der Waals surface area contributed by atoms with Crippen LogP contribution in [0.1, 0.15) is 22.3 Å². The van der Waals surface area contributed by atoms with Crippen molar-refractivity contribution >= 4 is 46.9 Å². The highest BCUT2D eigenvalue weighted by molar-refractivity contribution is 7.85. The molecule has 2 aliphatic carbocycles. The molecule has 8 aromatic rings. The van der Waals surface area contributed by atoms with Crippen LogP contribution in [-0.4, -0.2) is 0 Å². The third-order valence-electron chi connectivity index (χ3n) is 10.9. The SMILES string of the molecule is O=P(c1ccccc1)(c1ccccc1)c1ccc2c(c1)C1(c3ccccc3-c3ccc(P(c4ccccc4)c4ccccc4)cc31)c1ccccc1-2. The van der Waals surface area contributed by atoms with E-state index >= 15 is 4.57 Å². The fourth-order valence-corrected chi connectivity index (χ4v) is 13.8. The molecule has 0 heterocycles. The van der Waals surface area contributed by atoms with Crippen molar-refractivity contribution in [3.63, 3.8) is 0 Å². The van der Waals surface area contributed by atoms with Crippen LogP contribution >= 0.6 is 15.1 Å². The van der Waals surface area contributed by atoms with Crippen LogP contribution in [0.4, 0.5) is 0 Å². The predicted octanol–water partition coefficient (Wildman–Crippen LogP) is 9.43. The lowest BCUT2D eigenvalue weighted by atomic mass is 9.70. The molecule has 0 aromatic heterocycles. The highest BCUT2D eigenvalue weighted by Crippen LogP contribution is 2.63. The highest BCUT2D eigenvalue weighted by Gasteiger charge is 2.52. The summed E-state index contributed by atoms with van der Waals surface area (Å²) < 4.78 is 15.8. The number of fused-ring (bicyclic) bond motifs is 10. The molecule has 1 atom stereocenters. The summed E-state index contributed by atoms with van der Waals surface area (Å²) >= 11 is 0. The second-order valence-electron chi connectivity index (χ2n) is 13.6. The van der Waals surface area contributed by atoms with Gasteiger partial charge in [-0.2, -0.15) is 0 Å². The largest absolute Gasteiger partial charge is 0.309 e. The molecule has 0 N–H and O–H groups in total. The fraction of sp³-hybridized carbons (Fsp3) is 0.0204. The Labute approximate surface area is 306 Å². The van der Waals surface area contributed by atoms with E-state index in [1.807, 2.05) is 60.7 Å². The summed E-state index contributed by atoms with van der Waals surface area (Å²) in [7, 11) is -4.06. The number of hydrogen-bond donors (Lipinski definition) is 0. The summed E-state index contributed by atoms with van der Waals surface area (Å²) in [6.45, 7) is 0. The van der Waals surface area contributed by atoms with Gasteiger partial charge in [-0.15, -0.1) is 0 Å². The molecule has 0 bridgehead atoms. The Balaban J connectivity index is 1.28. The maximum Gasteiger partial charge on any atom is 0.171 e. The van der Waals surface area contributed by atoms with Crippen molar-refractivity contribution in [3.05, 3.63) is 229 Å². The van der Waals surface area contributed by atoms with Crippen molar-refractivity contribution in [3.8, 4) is 22.3 Å². The molecule has 3 heteroatoms. The smallest absolute Gasteiger partial charge is 0.171 e. The molecule has 0 aliphatic heterocycles. The van der Waals surface area contributed by atoms with Gasteiger partial charge < -0.3 is 4.57 Å². The molecule has 0 fully saturated rings. The molecule has 52 heavy (non-hydrogen) atoms. The average Bonchev–Trinajstić information content (AvgIpc) is 3.69. The van der Waals surface area contributed by atoms with Crippen molar-refractivity contribution in [2.45, 2.75) is 5.41 Å². The number of rotatable bonds is 6. The lowest BCUT2D eigenvalue weighted by Gasteiger charge is -2.32. The molecule has 0 saturated heterocycles. The fourth-order valence-electron chi connectivity index (χ4n) is 8.77. The van der Waals surface area contributed by atoms with Crippen LogP contribution in [0.15, 0.2) is 206 Å². The van der Waals surface area contributed by atoms with E-state index in [0.717, 1.165) is 15.9 Å². The van der Waals surface area contributed by atoms with Gasteiger partial charge in [-0.3, -0.25) is 0 Å². The minimum absolute atomic E-state index is 0.573. The zero-order valence-electron chi connectivity index (χ0n) is 28.4. The minimum Gasteiger partial charge on any atom is -0.309 e. The molecular weight excluding hydrogens is 666 g/mol. The molecule has 8 aromatic carbocycles. The van der Waals surface area contributed by atoms with Gasteiger partial charge in [0.05, 0.1) is 5.41 Å². The summed E-state index contributed by atoms with van der Waals surface area (Å²) in [6.07, 6.45) is 0. The van der Waals surface area contributed by atoms with E-state index in [0.29, 0.717) is 0 Å². The van der Waals surface area contributed by atoms with Gasteiger partial charge in [0.2, 0.25) is 0 Å². The van der Waals surface area contributed by atoms with Crippen molar-refractivity contribution < 1.29 is 4.57 Å². The van der Waals surface area contributed by atoms with Gasteiger partial charge >= 0.3 is 0 Å².